The van der Waals surface area contributed by atoms with Crippen molar-refractivity contribution in [1.29, 1.82) is 0 Å². The first kappa shape index (κ1) is 18.8. The van der Waals surface area contributed by atoms with Gasteiger partial charge in [0.15, 0.2) is 0 Å². The Morgan fingerprint density at radius 2 is 1.67 bits per heavy atom. The number of imide groups is 1. The van der Waals surface area contributed by atoms with Gasteiger partial charge >= 0.3 is 0 Å². The van der Waals surface area contributed by atoms with Crippen molar-refractivity contribution in [2.24, 2.45) is 0 Å². The van der Waals surface area contributed by atoms with Gasteiger partial charge in [0.25, 0.3) is 11.8 Å². The number of nitrogens with one attached hydrogen (secondary N) is 1. The van der Waals surface area contributed by atoms with Crippen molar-refractivity contribution in [1.82, 2.24) is 4.90 Å². The topological polar surface area (TPSA) is 58.6 Å². The number of benzene rings is 2. The van der Waals surface area contributed by atoms with E-state index in [1.54, 1.807) is 0 Å². The summed E-state index contributed by atoms with van der Waals surface area (Å²) in [5.41, 5.74) is 2.78. The van der Waals surface area contributed by atoms with Crippen LogP contribution in [-0.4, -0.2) is 37.0 Å². The van der Waals surface area contributed by atoms with Crippen molar-refractivity contribution in [3.05, 3.63) is 71.2 Å². The Balaban J connectivity index is 1.99. The Kier molecular flexibility index (Phi) is 5.66. The number of ether oxygens (including phenoxy) is 1. The lowest BCUT2D eigenvalue weighted by Crippen LogP contribution is -2.35. The molecule has 1 N–H and O–H groups in total. The SMILES string of the molecule is CCc1ccc(NC2=C(c3ccc(F)cc3)C(=O)N(CCOC)C2=O)cc1. The summed E-state index contributed by atoms with van der Waals surface area (Å²) >= 11 is 0. The minimum absolute atomic E-state index is 0.152. The highest BCUT2D eigenvalue weighted by Gasteiger charge is 2.38. The summed E-state index contributed by atoms with van der Waals surface area (Å²) in [4.78, 5) is 26.9. The molecule has 0 bridgehead atoms. The maximum Gasteiger partial charge on any atom is 0.278 e. The summed E-state index contributed by atoms with van der Waals surface area (Å²) in [7, 11) is 1.51. The van der Waals surface area contributed by atoms with Crippen LogP contribution in [0.4, 0.5) is 10.1 Å². The van der Waals surface area contributed by atoms with E-state index in [1.807, 2.05) is 24.3 Å². The molecule has 2 amide bonds. The molecule has 0 saturated heterocycles. The normalized spacial score (nSPS) is 14.3. The third kappa shape index (κ3) is 3.90. The van der Waals surface area contributed by atoms with Crippen molar-refractivity contribution in [2.75, 3.05) is 25.6 Å². The van der Waals surface area contributed by atoms with Crippen LogP contribution in [0.1, 0.15) is 18.1 Å². The van der Waals surface area contributed by atoms with E-state index in [2.05, 4.69) is 12.2 Å². The number of rotatable bonds is 7. The number of aryl methyl sites for hydroxylation is 1. The van der Waals surface area contributed by atoms with Crippen LogP contribution in [0.15, 0.2) is 54.2 Å². The molecule has 0 fully saturated rings. The van der Waals surface area contributed by atoms with Crippen molar-refractivity contribution >= 4 is 23.1 Å². The standard InChI is InChI=1S/C21H21FN2O3/c1-3-14-4-10-17(11-5-14)23-19-18(15-6-8-16(22)9-7-15)20(25)24(21(19)26)12-13-27-2/h4-11,23H,3,12-13H2,1-2H3. The van der Waals surface area contributed by atoms with Crippen molar-refractivity contribution < 1.29 is 18.7 Å². The largest absolute Gasteiger partial charge is 0.383 e. The van der Waals surface area contributed by atoms with E-state index in [4.69, 9.17) is 4.74 Å². The Morgan fingerprint density at radius 3 is 2.26 bits per heavy atom. The van der Waals surface area contributed by atoms with Gasteiger partial charge in [-0.1, -0.05) is 31.2 Å². The molecule has 5 nitrogen and oxygen atoms in total. The maximum atomic E-state index is 13.3. The molecule has 0 spiro atoms. The average Bonchev–Trinajstić information content (AvgIpc) is 2.91. The first-order valence-electron chi connectivity index (χ1n) is 8.76. The smallest absolute Gasteiger partial charge is 0.278 e. The van der Waals surface area contributed by atoms with Crippen LogP contribution in [0, 0.1) is 5.82 Å². The van der Waals surface area contributed by atoms with Crippen LogP contribution in [0.5, 0.6) is 0 Å². The fourth-order valence-corrected chi connectivity index (χ4v) is 2.93. The first-order chi connectivity index (χ1) is 13.0. The zero-order chi connectivity index (χ0) is 19.4. The number of hydrogen-bond donors (Lipinski definition) is 1. The quantitative estimate of drug-likeness (QED) is 0.763. The highest BCUT2D eigenvalue weighted by molar-refractivity contribution is 6.36. The number of anilines is 1. The Hall–Kier alpha value is -2.99. The van der Waals surface area contributed by atoms with Gasteiger partial charge in [-0.2, -0.15) is 0 Å². The van der Waals surface area contributed by atoms with Crippen LogP contribution >= 0.6 is 0 Å². The summed E-state index contributed by atoms with van der Waals surface area (Å²) in [6.07, 6.45) is 0.909. The number of hydrogen-bond acceptors (Lipinski definition) is 4. The molecule has 1 heterocycles. The number of nitrogens with zero attached hydrogens (tertiary/aromatic N) is 1. The zero-order valence-electron chi connectivity index (χ0n) is 15.3. The average molecular weight is 368 g/mol. The van der Waals surface area contributed by atoms with E-state index >= 15 is 0 Å². The summed E-state index contributed by atoms with van der Waals surface area (Å²) in [6.45, 7) is 2.45. The predicted octanol–water partition coefficient (Wildman–Crippen LogP) is 3.23. The summed E-state index contributed by atoms with van der Waals surface area (Å²) in [5.74, 6) is -1.25. The van der Waals surface area contributed by atoms with Crippen molar-refractivity contribution in [3.8, 4) is 0 Å². The molecule has 140 valence electrons. The second kappa shape index (κ2) is 8.14. The van der Waals surface area contributed by atoms with Crippen LogP contribution in [-0.2, 0) is 20.7 Å². The molecule has 1 aliphatic heterocycles. The van der Waals surface area contributed by atoms with Gasteiger partial charge < -0.3 is 10.1 Å². The van der Waals surface area contributed by atoms with Crippen molar-refractivity contribution in [3.63, 3.8) is 0 Å². The van der Waals surface area contributed by atoms with Gasteiger partial charge in [-0.3, -0.25) is 14.5 Å². The molecule has 2 aromatic rings. The Labute approximate surface area is 157 Å². The number of methoxy groups -OCH3 is 1. The number of carbonyl (C=O) groups excluding carboxylic acids is 2. The molecule has 3 rings (SSSR count). The van der Waals surface area contributed by atoms with E-state index < -0.39 is 17.6 Å². The minimum Gasteiger partial charge on any atom is -0.383 e. The summed E-state index contributed by atoms with van der Waals surface area (Å²) in [6, 6.07) is 13.2. The second-order valence-electron chi connectivity index (χ2n) is 6.19. The lowest BCUT2D eigenvalue weighted by Gasteiger charge is -2.14. The predicted molar refractivity (Wildman–Crippen MR) is 101 cm³/mol. The highest BCUT2D eigenvalue weighted by Crippen LogP contribution is 2.30. The third-order valence-corrected chi connectivity index (χ3v) is 4.45. The molecule has 0 saturated carbocycles. The Morgan fingerprint density at radius 1 is 1.00 bits per heavy atom. The van der Waals surface area contributed by atoms with Gasteiger partial charge in [-0.05, 0) is 41.8 Å². The lowest BCUT2D eigenvalue weighted by atomic mass is 10.0. The molecule has 1 aliphatic rings. The van der Waals surface area contributed by atoms with Crippen LogP contribution < -0.4 is 5.32 Å². The molecule has 0 aliphatic carbocycles. The van der Waals surface area contributed by atoms with Crippen LogP contribution in [0.25, 0.3) is 5.57 Å². The van der Waals surface area contributed by atoms with Gasteiger partial charge in [0.05, 0.1) is 18.7 Å². The summed E-state index contributed by atoms with van der Waals surface area (Å²) < 4.78 is 18.3. The highest BCUT2D eigenvalue weighted by atomic mass is 19.1. The molecule has 0 radical (unpaired) electrons. The first-order valence-corrected chi connectivity index (χ1v) is 8.76. The molecule has 2 aromatic carbocycles. The third-order valence-electron chi connectivity index (χ3n) is 4.45. The molecule has 0 aromatic heterocycles. The van der Waals surface area contributed by atoms with Crippen molar-refractivity contribution in [2.45, 2.75) is 13.3 Å². The van der Waals surface area contributed by atoms with Crippen LogP contribution in [0.2, 0.25) is 0 Å². The van der Waals surface area contributed by atoms with E-state index in [-0.39, 0.29) is 24.4 Å². The minimum atomic E-state index is -0.420. The van der Waals surface area contributed by atoms with E-state index in [0.29, 0.717) is 11.3 Å². The number of carbonyl (C=O) groups is 2. The molecule has 6 heteroatoms. The molecule has 0 atom stereocenters. The molecular formula is C21H21FN2O3. The van der Waals surface area contributed by atoms with Gasteiger partial charge in [0.2, 0.25) is 0 Å². The van der Waals surface area contributed by atoms with E-state index in [9.17, 15) is 14.0 Å². The fraction of sp³-hybridized carbons (Fsp3) is 0.238. The van der Waals surface area contributed by atoms with Gasteiger partial charge in [-0.15, -0.1) is 0 Å². The fourth-order valence-electron chi connectivity index (χ4n) is 2.93. The van der Waals surface area contributed by atoms with Crippen LogP contribution in [0.3, 0.4) is 0 Å². The summed E-state index contributed by atoms with van der Waals surface area (Å²) in [5, 5.41) is 3.07. The second-order valence-corrected chi connectivity index (χ2v) is 6.19. The number of amides is 2. The molecular weight excluding hydrogens is 347 g/mol. The van der Waals surface area contributed by atoms with Gasteiger partial charge in [0.1, 0.15) is 11.5 Å². The molecule has 0 unspecified atom stereocenters. The lowest BCUT2D eigenvalue weighted by molar-refractivity contribution is -0.137. The molecule has 27 heavy (non-hydrogen) atoms. The zero-order valence-corrected chi connectivity index (χ0v) is 15.3. The monoisotopic (exact) mass is 368 g/mol. The maximum absolute atomic E-state index is 13.3. The van der Waals surface area contributed by atoms with Gasteiger partial charge in [0, 0.05) is 12.8 Å². The van der Waals surface area contributed by atoms with Gasteiger partial charge in [-0.25, -0.2) is 4.39 Å². The Bertz CT molecular complexity index is 873. The van der Waals surface area contributed by atoms with E-state index in [0.717, 1.165) is 11.3 Å². The number of halogens is 1. The van der Waals surface area contributed by atoms with E-state index in [1.165, 1.54) is 36.9 Å².